The van der Waals surface area contributed by atoms with Gasteiger partial charge in [-0.05, 0) is 62.0 Å². The number of benzene rings is 2. The lowest BCUT2D eigenvalue weighted by Gasteiger charge is -2.35. The van der Waals surface area contributed by atoms with Crippen LogP contribution in [0.25, 0.3) is 22.8 Å². The quantitative estimate of drug-likeness (QED) is 0.282. The second-order valence-electron chi connectivity index (χ2n) is 8.22. The molecule has 3 aromatic rings. The Balaban J connectivity index is 1.47. The van der Waals surface area contributed by atoms with Gasteiger partial charge in [-0.25, -0.2) is 23.4 Å². The molecule has 8 nitrogen and oxygen atoms in total. The van der Waals surface area contributed by atoms with Crippen LogP contribution in [0.5, 0.6) is 0 Å². The van der Waals surface area contributed by atoms with E-state index in [9.17, 15) is 8.78 Å². The second kappa shape index (κ2) is 11.7. The molecule has 36 heavy (non-hydrogen) atoms. The Morgan fingerprint density at radius 1 is 0.972 bits per heavy atom. The molecule has 0 bridgehead atoms. The van der Waals surface area contributed by atoms with Crippen LogP contribution in [0, 0.1) is 11.6 Å². The van der Waals surface area contributed by atoms with Crippen molar-refractivity contribution in [2.45, 2.75) is 13.5 Å². The van der Waals surface area contributed by atoms with Crippen LogP contribution in [-0.2, 0) is 11.3 Å². The fourth-order valence-corrected chi connectivity index (χ4v) is 3.89. The maximum Gasteiger partial charge on any atom is 0.228 e. The lowest BCUT2D eigenvalue weighted by atomic mass is 10.2. The first-order valence-electron chi connectivity index (χ1n) is 11.7. The number of nitrogens with zero attached hydrogens (tertiary/aromatic N) is 7. The maximum absolute atomic E-state index is 13.5. The number of guanidine groups is 1. The third-order valence-corrected chi connectivity index (χ3v) is 5.86. The van der Waals surface area contributed by atoms with Gasteiger partial charge in [-0.3, -0.25) is 4.90 Å². The third-order valence-electron chi connectivity index (χ3n) is 5.86. The van der Waals surface area contributed by atoms with Crippen molar-refractivity contribution in [1.29, 1.82) is 0 Å². The van der Waals surface area contributed by atoms with E-state index in [0.717, 1.165) is 38.3 Å². The molecule has 0 unspecified atom stereocenters. The molecule has 0 amide bonds. The summed E-state index contributed by atoms with van der Waals surface area (Å²) in [6.45, 7) is 10.1. The molecular formula is C26H29F2N7O. The van der Waals surface area contributed by atoms with Gasteiger partial charge in [0.15, 0.2) is 11.6 Å². The number of methoxy groups -OCH3 is 1. The first kappa shape index (κ1) is 25.2. The zero-order valence-electron chi connectivity index (χ0n) is 20.4. The Kier molecular flexibility index (Phi) is 8.17. The van der Waals surface area contributed by atoms with Crippen molar-refractivity contribution in [1.82, 2.24) is 24.6 Å². The van der Waals surface area contributed by atoms with E-state index in [0.29, 0.717) is 35.6 Å². The van der Waals surface area contributed by atoms with Crippen molar-refractivity contribution in [2.75, 3.05) is 39.8 Å². The normalized spacial score (nSPS) is 15.0. The highest BCUT2D eigenvalue weighted by Crippen LogP contribution is 2.23. The lowest BCUT2D eigenvalue weighted by molar-refractivity contribution is 0.174. The van der Waals surface area contributed by atoms with E-state index < -0.39 is 0 Å². The minimum atomic E-state index is -0.319. The Hall–Kier alpha value is -3.92. The molecule has 0 atom stereocenters. The van der Waals surface area contributed by atoms with Crippen molar-refractivity contribution >= 4 is 12.2 Å². The van der Waals surface area contributed by atoms with E-state index in [1.54, 1.807) is 30.5 Å². The summed E-state index contributed by atoms with van der Waals surface area (Å²) in [7, 11) is 1.53. The van der Waals surface area contributed by atoms with Gasteiger partial charge in [-0.15, -0.1) is 0 Å². The van der Waals surface area contributed by atoms with Crippen molar-refractivity contribution in [3.05, 3.63) is 72.6 Å². The monoisotopic (exact) mass is 493 g/mol. The van der Waals surface area contributed by atoms with Crippen LogP contribution in [-0.4, -0.2) is 76.6 Å². The summed E-state index contributed by atoms with van der Waals surface area (Å²) in [5.74, 6) is 1.40. The summed E-state index contributed by atoms with van der Waals surface area (Å²) in [5.41, 5.74) is 1.48. The maximum atomic E-state index is 13.5. The Labute approximate surface area is 209 Å². The molecule has 1 aromatic heterocycles. The molecule has 0 N–H and O–H groups in total. The molecule has 0 radical (unpaired) electrons. The summed E-state index contributed by atoms with van der Waals surface area (Å²) in [5, 5.41) is 4.69. The van der Waals surface area contributed by atoms with E-state index in [4.69, 9.17) is 14.8 Å². The molecule has 2 aromatic carbocycles. The smallest absolute Gasteiger partial charge is 0.228 e. The Morgan fingerprint density at radius 3 is 2.17 bits per heavy atom. The largest absolute Gasteiger partial charge is 0.481 e. The number of rotatable bonds is 7. The molecule has 0 aliphatic carbocycles. The molecule has 188 valence electrons. The first-order chi connectivity index (χ1) is 17.5. The number of halogens is 2. The number of hydrogen-bond acceptors (Lipinski definition) is 5. The highest BCUT2D eigenvalue weighted by atomic mass is 19.1. The average molecular weight is 494 g/mol. The first-order valence-corrected chi connectivity index (χ1v) is 11.7. The topological polar surface area (TPSA) is 71.1 Å². The van der Waals surface area contributed by atoms with Gasteiger partial charge in [0.05, 0.1) is 13.7 Å². The Morgan fingerprint density at radius 2 is 1.58 bits per heavy atom. The number of aromatic nitrogens is 3. The van der Waals surface area contributed by atoms with Gasteiger partial charge in [0.1, 0.15) is 11.6 Å². The summed E-state index contributed by atoms with van der Waals surface area (Å²) in [6.07, 6.45) is 1.70. The van der Waals surface area contributed by atoms with Crippen LogP contribution in [0.1, 0.15) is 6.92 Å². The predicted octanol–water partition coefficient (Wildman–Crippen LogP) is 4.07. The highest BCUT2D eigenvalue weighted by Gasteiger charge is 2.21. The Bertz CT molecular complexity index is 1230. The summed E-state index contributed by atoms with van der Waals surface area (Å²) in [6, 6.07) is 12.3. The van der Waals surface area contributed by atoms with Crippen LogP contribution < -0.4 is 0 Å². The summed E-state index contributed by atoms with van der Waals surface area (Å²) in [4.78, 5) is 17.8. The van der Waals surface area contributed by atoms with E-state index >= 15 is 0 Å². The minimum absolute atomic E-state index is 0.314. The number of aliphatic imine (C=N–C) groups is 2. The van der Waals surface area contributed by atoms with Crippen LogP contribution in [0.15, 0.2) is 71.0 Å². The van der Waals surface area contributed by atoms with E-state index in [1.807, 2.05) is 11.6 Å². The van der Waals surface area contributed by atoms with E-state index in [2.05, 4.69) is 26.4 Å². The second-order valence-corrected chi connectivity index (χ2v) is 8.22. The SMILES string of the molecule is C=C(/N=C(\N=C/C)N1CCN(CCn2nc(-c3ccc(F)cc3)nc2-c2ccc(F)cc2)CC1)OC. The zero-order chi connectivity index (χ0) is 25.5. The molecule has 4 rings (SSSR count). The van der Waals surface area contributed by atoms with Crippen LogP contribution >= 0.6 is 0 Å². The van der Waals surface area contributed by atoms with Gasteiger partial charge in [-0.2, -0.15) is 10.1 Å². The molecule has 0 spiro atoms. The molecular weight excluding hydrogens is 464 g/mol. The predicted molar refractivity (Wildman–Crippen MR) is 137 cm³/mol. The third kappa shape index (κ3) is 6.19. The summed E-state index contributed by atoms with van der Waals surface area (Å²) < 4.78 is 33.8. The van der Waals surface area contributed by atoms with Gasteiger partial charge in [0.2, 0.25) is 11.8 Å². The van der Waals surface area contributed by atoms with Gasteiger partial charge < -0.3 is 9.64 Å². The lowest BCUT2D eigenvalue weighted by Crippen LogP contribution is -2.49. The molecule has 1 aliphatic heterocycles. The number of ether oxygens (including phenoxy) is 1. The van der Waals surface area contributed by atoms with Gasteiger partial charge in [0, 0.05) is 50.1 Å². The molecule has 2 heterocycles. The van der Waals surface area contributed by atoms with Gasteiger partial charge in [0.25, 0.3) is 0 Å². The fourth-order valence-electron chi connectivity index (χ4n) is 3.89. The van der Waals surface area contributed by atoms with Crippen LogP contribution in [0.2, 0.25) is 0 Å². The molecule has 10 heteroatoms. The summed E-state index contributed by atoms with van der Waals surface area (Å²) >= 11 is 0. The minimum Gasteiger partial charge on any atom is -0.481 e. The van der Waals surface area contributed by atoms with Crippen LogP contribution in [0.4, 0.5) is 8.78 Å². The van der Waals surface area contributed by atoms with Crippen molar-refractivity contribution in [3.8, 4) is 22.8 Å². The molecule has 1 aliphatic rings. The van der Waals surface area contributed by atoms with Gasteiger partial charge >= 0.3 is 0 Å². The fraction of sp³-hybridized carbons (Fsp3) is 0.308. The highest BCUT2D eigenvalue weighted by molar-refractivity contribution is 5.88. The molecule has 0 saturated carbocycles. The van der Waals surface area contributed by atoms with E-state index in [-0.39, 0.29) is 11.6 Å². The average Bonchev–Trinajstić information content (AvgIpc) is 3.32. The van der Waals surface area contributed by atoms with Crippen molar-refractivity contribution < 1.29 is 13.5 Å². The number of piperazine rings is 1. The molecule has 1 fully saturated rings. The van der Waals surface area contributed by atoms with Crippen LogP contribution in [0.3, 0.4) is 0 Å². The zero-order valence-corrected chi connectivity index (χ0v) is 20.4. The number of hydrogen-bond donors (Lipinski definition) is 0. The standard InChI is InChI=1S/C26H29F2N7O/c1-4-29-26(30-19(2)36-3)34-16-13-33(14-17-34)15-18-35-25(21-7-11-23(28)12-8-21)31-24(32-35)20-5-9-22(27)10-6-20/h4-12H,2,13-18H2,1,3H3/b29-4-,30-26+. The van der Waals surface area contributed by atoms with E-state index in [1.165, 1.54) is 31.4 Å². The van der Waals surface area contributed by atoms with Crippen molar-refractivity contribution in [2.24, 2.45) is 9.98 Å². The molecule has 1 saturated heterocycles. The van der Waals surface area contributed by atoms with Gasteiger partial charge in [-0.1, -0.05) is 0 Å². The van der Waals surface area contributed by atoms with Crippen molar-refractivity contribution in [3.63, 3.8) is 0 Å².